The number of rotatable bonds is 59. The second-order valence-electron chi connectivity index (χ2n) is 20.9. The number of phosphoric acid groups is 1. The first-order valence-electron chi connectivity index (χ1n) is 32.9. The van der Waals surface area contributed by atoms with Gasteiger partial charge in [-0.3, -0.25) is 18.6 Å². The van der Waals surface area contributed by atoms with Crippen LogP contribution in [0, 0.1) is 0 Å². The van der Waals surface area contributed by atoms with Crippen molar-refractivity contribution in [1.82, 2.24) is 0 Å². The zero-order chi connectivity index (χ0) is 61.6. The molecule has 2 unspecified atom stereocenters. The Morgan fingerprint density at radius 3 is 0.906 bits per heavy atom. The lowest BCUT2D eigenvalue weighted by Gasteiger charge is -2.19. The van der Waals surface area contributed by atoms with Crippen molar-refractivity contribution in [3.8, 4) is 0 Å². The van der Waals surface area contributed by atoms with Crippen LogP contribution in [0.15, 0.2) is 194 Å². The van der Waals surface area contributed by atoms with E-state index in [9.17, 15) is 19.0 Å². The zero-order valence-corrected chi connectivity index (χ0v) is 54.1. The molecule has 0 aromatic rings. The highest BCUT2D eigenvalue weighted by Crippen LogP contribution is 2.43. The van der Waals surface area contributed by atoms with Gasteiger partial charge in [-0.25, -0.2) is 4.57 Å². The Morgan fingerprint density at radius 1 is 0.353 bits per heavy atom. The van der Waals surface area contributed by atoms with Crippen LogP contribution < -0.4 is 5.73 Å². The van der Waals surface area contributed by atoms with Crippen molar-refractivity contribution in [3.05, 3.63) is 194 Å². The summed E-state index contributed by atoms with van der Waals surface area (Å²) in [6, 6.07) is 0. The summed E-state index contributed by atoms with van der Waals surface area (Å²) in [6.45, 7) is 3.46. The summed E-state index contributed by atoms with van der Waals surface area (Å²) in [4.78, 5) is 35.3. The standard InChI is InChI=1S/C75H118NO8P/c1-3-5-7-9-11-13-15-17-19-21-23-25-27-28-29-30-31-32-33-34-35-36-37-38-39-40-41-42-43-44-46-48-50-52-54-56-58-60-62-64-66-68-75(78)84-73(72-83-85(79,80)82-70-69-76)71-81-74(77)67-65-63-61-59-57-55-53-51-49-47-45-26-24-22-20-18-16-14-12-10-8-6-4-2/h5-8,11-14,17-20,23-26,28-29,31-32,34-35,37-38,40-41,43-44,48,50,54,56,73H,3-4,9-10,15-16,21-22,27,30,33,36,39,42,45-47,49,51-53,55,57-72,76H2,1-2H3,(H,79,80)/b7-5-,8-6-,13-11-,14-12-,19-17-,20-18-,25-23-,26-24-,29-28-,32-31-,35-34-,38-37-,41-40-,44-43-,50-48-,56-54-. The SMILES string of the molecule is CC/C=C\C/C=C\C/C=C\C/C=C\C/C=C\C/C=C\C/C=C\C/C=C\C/C=C\C/C=C\C/C=C\C/C=C\CCCCCCC(=O)OC(COC(=O)CCCCCCCCCCCC/C=C\C/C=C\C/C=C\C/C=C\CC)COP(=O)(O)OCCN. The molecule has 0 saturated carbocycles. The van der Waals surface area contributed by atoms with E-state index in [0.717, 1.165) is 154 Å². The van der Waals surface area contributed by atoms with Crippen molar-refractivity contribution in [2.45, 2.75) is 238 Å². The molecule has 0 spiro atoms. The fraction of sp³-hybridized carbons (Fsp3) is 0.547. The van der Waals surface area contributed by atoms with Crippen LogP contribution in [-0.2, 0) is 32.7 Å². The predicted molar refractivity (Wildman–Crippen MR) is 366 cm³/mol. The minimum Gasteiger partial charge on any atom is -0.462 e. The van der Waals surface area contributed by atoms with Crippen molar-refractivity contribution in [3.63, 3.8) is 0 Å². The first-order valence-corrected chi connectivity index (χ1v) is 34.4. The third kappa shape index (κ3) is 67.8. The third-order valence-corrected chi connectivity index (χ3v) is 14.0. The molecule has 0 aliphatic heterocycles. The Balaban J connectivity index is 4.07. The van der Waals surface area contributed by atoms with E-state index in [1.165, 1.54) is 38.5 Å². The number of esters is 2. The molecule has 0 fully saturated rings. The van der Waals surface area contributed by atoms with Crippen LogP contribution in [-0.4, -0.2) is 49.3 Å². The maximum Gasteiger partial charge on any atom is 0.472 e. The fourth-order valence-corrected chi connectivity index (χ4v) is 8.96. The minimum absolute atomic E-state index is 0.0379. The number of hydrogen-bond donors (Lipinski definition) is 2. The van der Waals surface area contributed by atoms with Gasteiger partial charge in [0.1, 0.15) is 6.61 Å². The Labute approximate surface area is 519 Å². The number of carbonyl (C=O) groups excluding carboxylic acids is 2. The fourth-order valence-electron chi connectivity index (χ4n) is 8.20. The molecule has 476 valence electrons. The van der Waals surface area contributed by atoms with Crippen LogP contribution in [0.25, 0.3) is 0 Å². The van der Waals surface area contributed by atoms with Gasteiger partial charge >= 0.3 is 19.8 Å². The Hall–Kier alpha value is -5.15. The van der Waals surface area contributed by atoms with Crippen LogP contribution in [0.2, 0.25) is 0 Å². The molecule has 0 amide bonds. The van der Waals surface area contributed by atoms with E-state index < -0.39 is 32.5 Å². The van der Waals surface area contributed by atoms with Gasteiger partial charge in [0, 0.05) is 19.4 Å². The average Bonchev–Trinajstić information content (AvgIpc) is 3.52. The summed E-state index contributed by atoms with van der Waals surface area (Å²) >= 11 is 0. The van der Waals surface area contributed by atoms with Crippen molar-refractivity contribution in [2.75, 3.05) is 26.4 Å². The number of nitrogens with two attached hydrogens (primary N) is 1. The summed E-state index contributed by atoms with van der Waals surface area (Å²) in [6.07, 6.45) is 104. The molecule has 0 aliphatic rings. The molecule has 2 atom stereocenters. The van der Waals surface area contributed by atoms with Crippen molar-refractivity contribution in [1.29, 1.82) is 0 Å². The molecule has 0 bridgehead atoms. The minimum atomic E-state index is -4.41. The summed E-state index contributed by atoms with van der Waals surface area (Å²) in [7, 11) is -4.41. The molecule has 0 heterocycles. The van der Waals surface area contributed by atoms with Gasteiger partial charge in [0.15, 0.2) is 6.10 Å². The van der Waals surface area contributed by atoms with Crippen molar-refractivity contribution < 1.29 is 37.6 Å². The number of phosphoric ester groups is 1. The normalized spacial score (nSPS) is 14.3. The van der Waals surface area contributed by atoms with Gasteiger partial charge in [0.05, 0.1) is 13.2 Å². The Morgan fingerprint density at radius 2 is 0.612 bits per heavy atom. The van der Waals surface area contributed by atoms with Crippen LogP contribution in [0.4, 0.5) is 0 Å². The van der Waals surface area contributed by atoms with Crippen LogP contribution in [0.5, 0.6) is 0 Å². The van der Waals surface area contributed by atoms with E-state index >= 15 is 0 Å². The topological polar surface area (TPSA) is 134 Å². The zero-order valence-electron chi connectivity index (χ0n) is 53.3. The van der Waals surface area contributed by atoms with E-state index in [1.54, 1.807) is 0 Å². The molecule has 0 radical (unpaired) electrons. The number of carbonyl (C=O) groups is 2. The van der Waals surface area contributed by atoms with Gasteiger partial charge in [0.25, 0.3) is 0 Å². The molecule has 0 aromatic heterocycles. The highest BCUT2D eigenvalue weighted by molar-refractivity contribution is 7.47. The van der Waals surface area contributed by atoms with Crippen LogP contribution in [0.3, 0.4) is 0 Å². The van der Waals surface area contributed by atoms with Crippen LogP contribution in [0.1, 0.15) is 232 Å². The molecule has 0 saturated heterocycles. The number of ether oxygens (including phenoxy) is 2. The molecular formula is C75H118NO8P. The molecule has 10 heteroatoms. The van der Waals surface area contributed by atoms with Gasteiger partial charge in [-0.2, -0.15) is 0 Å². The maximum atomic E-state index is 12.7. The summed E-state index contributed by atoms with van der Waals surface area (Å²) in [5, 5.41) is 0. The molecule has 85 heavy (non-hydrogen) atoms. The van der Waals surface area contributed by atoms with Gasteiger partial charge in [-0.05, 0) is 141 Å². The van der Waals surface area contributed by atoms with Gasteiger partial charge in [0.2, 0.25) is 0 Å². The lowest BCUT2D eigenvalue weighted by atomic mass is 10.1. The third-order valence-electron chi connectivity index (χ3n) is 13.0. The number of unbranched alkanes of at least 4 members (excludes halogenated alkanes) is 14. The first-order chi connectivity index (χ1) is 41.8. The molecule has 0 aliphatic carbocycles. The quantitative estimate of drug-likeness (QED) is 0.0264. The average molecular weight is 1190 g/mol. The second-order valence-corrected chi connectivity index (χ2v) is 22.3. The second kappa shape index (κ2) is 68.0. The van der Waals surface area contributed by atoms with Crippen molar-refractivity contribution in [2.24, 2.45) is 5.73 Å². The van der Waals surface area contributed by atoms with Crippen molar-refractivity contribution >= 4 is 19.8 Å². The largest absolute Gasteiger partial charge is 0.472 e. The highest BCUT2D eigenvalue weighted by atomic mass is 31.2. The van der Waals surface area contributed by atoms with Gasteiger partial charge < -0.3 is 20.1 Å². The van der Waals surface area contributed by atoms with E-state index in [0.29, 0.717) is 12.8 Å². The molecule has 9 nitrogen and oxygen atoms in total. The first kappa shape index (κ1) is 79.8. The van der Waals surface area contributed by atoms with E-state index in [4.69, 9.17) is 24.3 Å². The van der Waals surface area contributed by atoms with E-state index in [-0.39, 0.29) is 32.6 Å². The molecular weight excluding hydrogens is 1070 g/mol. The molecule has 0 rings (SSSR count). The number of hydrogen-bond acceptors (Lipinski definition) is 8. The lowest BCUT2D eigenvalue weighted by Crippen LogP contribution is -2.29. The van der Waals surface area contributed by atoms with E-state index in [1.807, 2.05) is 0 Å². The highest BCUT2D eigenvalue weighted by Gasteiger charge is 2.26. The summed E-state index contributed by atoms with van der Waals surface area (Å²) < 4.78 is 33.1. The Kier molecular flexibility index (Phi) is 63.9. The van der Waals surface area contributed by atoms with E-state index in [2.05, 4.69) is 208 Å². The molecule has 3 N–H and O–H groups in total. The summed E-state index contributed by atoms with van der Waals surface area (Å²) in [5.41, 5.74) is 5.39. The smallest absolute Gasteiger partial charge is 0.462 e. The number of allylic oxidation sites excluding steroid dienone is 32. The predicted octanol–water partition coefficient (Wildman–Crippen LogP) is 21.7. The monoisotopic (exact) mass is 1190 g/mol. The lowest BCUT2D eigenvalue weighted by molar-refractivity contribution is -0.161. The van der Waals surface area contributed by atoms with Crippen LogP contribution >= 0.6 is 7.82 Å². The summed E-state index contributed by atoms with van der Waals surface area (Å²) in [5.74, 6) is -0.876. The molecule has 0 aromatic carbocycles. The Bertz CT molecular complexity index is 2090. The van der Waals surface area contributed by atoms with Gasteiger partial charge in [-0.15, -0.1) is 0 Å². The van der Waals surface area contributed by atoms with Gasteiger partial charge in [-0.1, -0.05) is 272 Å². The maximum absolute atomic E-state index is 12.7.